The van der Waals surface area contributed by atoms with Gasteiger partial charge in [0, 0.05) is 17.8 Å². The molecule has 6 nitrogen and oxygen atoms in total. The highest BCUT2D eigenvalue weighted by molar-refractivity contribution is 7.19. The van der Waals surface area contributed by atoms with Crippen molar-refractivity contribution in [3.05, 3.63) is 71.4 Å². The monoisotopic (exact) mass is 531 g/mol. The number of alkyl halides is 1. The number of hydrogen-bond acceptors (Lipinski definition) is 5. The number of carbonyl (C=O) groups is 2. The van der Waals surface area contributed by atoms with E-state index in [1.54, 1.807) is 6.20 Å². The Morgan fingerprint density at radius 3 is 2.51 bits per heavy atom. The molecule has 1 saturated carbocycles. The van der Waals surface area contributed by atoms with E-state index in [2.05, 4.69) is 15.6 Å². The summed E-state index contributed by atoms with van der Waals surface area (Å²) in [7, 11) is 0. The second-order valence-corrected chi connectivity index (χ2v) is 10.1. The van der Waals surface area contributed by atoms with E-state index in [1.165, 1.54) is 37.5 Å². The summed E-state index contributed by atoms with van der Waals surface area (Å²) in [6, 6.07) is 8.77. The Morgan fingerprint density at radius 1 is 1.08 bits per heavy atom. The normalized spacial score (nSPS) is 15.7. The average molecular weight is 532 g/mol. The molecule has 1 aliphatic carbocycles. The number of benzene rings is 2. The van der Waals surface area contributed by atoms with Crippen molar-refractivity contribution < 1.29 is 27.5 Å². The number of hydrogen-bond donors (Lipinski definition) is 2. The minimum Gasteiger partial charge on any atom is -0.374 e. The Labute approximate surface area is 217 Å². The molecule has 2 N–H and O–H groups in total. The number of amides is 2. The molecule has 2 amide bonds. The van der Waals surface area contributed by atoms with Crippen molar-refractivity contribution in [2.24, 2.45) is 0 Å². The maximum Gasteiger partial charge on any atom is 0.259 e. The Kier molecular flexibility index (Phi) is 8.94. The lowest BCUT2D eigenvalue weighted by Gasteiger charge is -2.22. The number of aromatic nitrogens is 1. The first-order chi connectivity index (χ1) is 17.8. The molecule has 2 atom stereocenters. The number of rotatable bonds is 9. The van der Waals surface area contributed by atoms with Crippen molar-refractivity contribution in [2.75, 3.05) is 5.32 Å². The topological polar surface area (TPSA) is 80.3 Å². The SMILES string of the molecule is C[C@H](NC(=O)[C@H](F)c1cc(F)cc(F)c1)C(=O)Nc1ncc(-c2ccccc2COC2CCCCC2)s1. The van der Waals surface area contributed by atoms with E-state index >= 15 is 0 Å². The van der Waals surface area contributed by atoms with Gasteiger partial charge in [-0.3, -0.25) is 9.59 Å². The van der Waals surface area contributed by atoms with Crippen LogP contribution in [0.3, 0.4) is 0 Å². The van der Waals surface area contributed by atoms with Crippen LogP contribution in [0.1, 0.15) is 56.3 Å². The molecule has 0 saturated heterocycles. The van der Waals surface area contributed by atoms with Gasteiger partial charge in [-0.15, -0.1) is 0 Å². The lowest BCUT2D eigenvalue weighted by molar-refractivity contribution is -0.129. The van der Waals surface area contributed by atoms with E-state index in [9.17, 15) is 22.8 Å². The second-order valence-electron chi connectivity index (χ2n) is 9.04. The molecule has 0 aliphatic heterocycles. The zero-order chi connectivity index (χ0) is 26.4. The molecule has 196 valence electrons. The molecule has 1 aliphatic rings. The maximum atomic E-state index is 14.5. The Bertz CT molecular complexity index is 1230. The molecule has 4 rings (SSSR count). The third-order valence-corrected chi connectivity index (χ3v) is 7.15. The Balaban J connectivity index is 1.35. The van der Waals surface area contributed by atoms with Gasteiger partial charge in [0.15, 0.2) is 5.13 Å². The van der Waals surface area contributed by atoms with Crippen LogP contribution in [-0.4, -0.2) is 28.9 Å². The van der Waals surface area contributed by atoms with Gasteiger partial charge in [0.2, 0.25) is 12.1 Å². The number of thiazole rings is 1. The summed E-state index contributed by atoms with van der Waals surface area (Å²) in [4.78, 5) is 29.9. The first-order valence-electron chi connectivity index (χ1n) is 12.2. The fourth-order valence-corrected chi connectivity index (χ4v) is 5.10. The quantitative estimate of drug-likeness (QED) is 0.350. The van der Waals surface area contributed by atoms with Crippen molar-refractivity contribution >= 4 is 28.3 Å². The van der Waals surface area contributed by atoms with Crippen molar-refractivity contribution in [1.82, 2.24) is 10.3 Å². The first-order valence-corrected chi connectivity index (χ1v) is 13.0. The van der Waals surface area contributed by atoms with Gasteiger partial charge in [0.05, 0.1) is 17.6 Å². The molecule has 3 aromatic rings. The predicted molar refractivity (Wildman–Crippen MR) is 136 cm³/mol. The summed E-state index contributed by atoms with van der Waals surface area (Å²) >= 11 is 1.26. The van der Waals surface area contributed by atoms with E-state index in [0.717, 1.165) is 41.0 Å². The van der Waals surface area contributed by atoms with E-state index in [-0.39, 0.29) is 6.10 Å². The van der Waals surface area contributed by atoms with Crippen LogP contribution in [0.15, 0.2) is 48.7 Å². The van der Waals surface area contributed by atoms with Gasteiger partial charge in [-0.05, 0) is 43.0 Å². The molecule has 1 aromatic heterocycles. The van der Waals surface area contributed by atoms with E-state index in [0.29, 0.717) is 17.8 Å². The van der Waals surface area contributed by atoms with Crippen LogP contribution in [0.25, 0.3) is 10.4 Å². The summed E-state index contributed by atoms with van der Waals surface area (Å²) in [5.41, 5.74) is 1.51. The first kappa shape index (κ1) is 26.8. The zero-order valence-electron chi connectivity index (χ0n) is 20.3. The lowest BCUT2D eigenvalue weighted by Crippen LogP contribution is -2.43. The summed E-state index contributed by atoms with van der Waals surface area (Å²) in [5.74, 6) is -3.80. The van der Waals surface area contributed by atoms with Crippen LogP contribution < -0.4 is 10.6 Å². The van der Waals surface area contributed by atoms with Crippen LogP contribution in [-0.2, 0) is 20.9 Å². The molecule has 1 fully saturated rings. The van der Waals surface area contributed by atoms with E-state index in [4.69, 9.17) is 4.74 Å². The van der Waals surface area contributed by atoms with E-state index in [1.807, 2.05) is 24.3 Å². The number of carbonyl (C=O) groups excluding carboxylic acids is 2. The minimum absolute atomic E-state index is 0.277. The Hall–Kier alpha value is -3.24. The molecule has 2 aromatic carbocycles. The summed E-state index contributed by atoms with van der Waals surface area (Å²) in [6.45, 7) is 1.86. The second kappa shape index (κ2) is 12.3. The number of halogens is 3. The largest absolute Gasteiger partial charge is 0.374 e. The van der Waals surface area contributed by atoms with Crippen molar-refractivity contribution in [3.63, 3.8) is 0 Å². The van der Waals surface area contributed by atoms with Crippen LogP contribution in [0, 0.1) is 11.6 Å². The number of nitrogens with one attached hydrogen (secondary N) is 2. The van der Waals surface area contributed by atoms with Crippen molar-refractivity contribution in [2.45, 2.75) is 64.0 Å². The number of ether oxygens (including phenoxy) is 1. The third-order valence-electron chi connectivity index (χ3n) is 6.21. The van der Waals surface area contributed by atoms with Crippen LogP contribution in [0.4, 0.5) is 18.3 Å². The molecule has 10 heteroatoms. The molecule has 37 heavy (non-hydrogen) atoms. The summed E-state index contributed by atoms with van der Waals surface area (Å²) < 4.78 is 47.3. The minimum atomic E-state index is -2.33. The fraction of sp³-hybridized carbons (Fsp3) is 0.370. The van der Waals surface area contributed by atoms with Crippen LogP contribution in [0.5, 0.6) is 0 Å². The maximum absolute atomic E-state index is 14.5. The highest BCUT2D eigenvalue weighted by Gasteiger charge is 2.25. The molecule has 0 radical (unpaired) electrons. The average Bonchev–Trinajstić information content (AvgIpc) is 3.35. The molecule has 0 bridgehead atoms. The van der Waals surface area contributed by atoms with Crippen molar-refractivity contribution in [3.8, 4) is 10.4 Å². The van der Waals surface area contributed by atoms with Gasteiger partial charge in [-0.2, -0.15) is 0 Å². The molecular weight excluding hydrogens is 503 g/mol. The molecule has 0 unspecified atom stereocenters. The number of nitrogens with zero attached hydrogens (tertiary/aromatic N) is 1. The predicted octanol–water partition coefficient (Wildman–Crippen LogP) is 6.09. The van der Waals surface area contributed by atoms with Crippen molar-refractivity contribution in [1.29, 1.82) is 0 Å². The van der Waals surface area contributed by atoms with Crippen LogP contribution in [0.2, 0.25) is 0 Å². The number of anilines is 1. The van der Waals surface area contributed by atoms with Gasteiger partial charge < -0.3 is 15.4 Å². The van der Waals surface area contributed by atoms with Gasteiger partial charge >= 0.3 is 0 Å². The van der Waals surface area contributed by atoms with Gasteiger partial charge in [0.25, 0.3) is 5.91 Å². The zero-order valence-corrected chi connectivity index (χ0v) is 21.1. The summed E-state index contributed by atoms with van der Waals surface area (Å²) in [6.07, 6.45) is 5.40. The lowest BCUT2D eigenvalue weighted by atomic mass is 9.97. The summed E-state index contributed by atoms with van der Waals surface area (Å²) in [5, 5.41) is 5.15. The molecular formula is C27H28F3N3O3S. The fourth-order valence-electron chi connectivity index (χ4n) is 4.22. The highest BCUT2D eigenvalue weighted by atomic mass is 32.1. The highest BCUT2D eigenvalue weighted by Crippen LogP contribution is 2.32. The van der Waals surface area contributed by atoms with Gasteiger partial charge in [-0.1, -0.05) is 54.9 Å². The molecule has 1 heterocycles. The standard InChI is InChI=1S/C27H28F3N3O3S/c1-16(32-26(35)24(30)18-11-19(28)13-20(29)12-18)25(34)33-27-31-14-23(37-27)22-10-6-5-7-17(22)15-36-21-8-3-2-4-9-21/h5-7,10-14,16,21,24H,2-4,8-9,15H2,1H3,(H,32,35)(H,31,33,34)/t16-,24+/m0/s1. The third kappa shape index (κ3) is 7.17. The van der Waals surface area contributed by atoms with Gasteiger partial charge in [-0.25, -0.2) is 18.2 Å². The Morgan fingerprint density at radius 2 is 1.78 bits per heavy atom. The smallest absolute Gasteiger partial charge is 0.259 e. The molecule has 0 spiro atoms. The van der Waals surface area contributed by atoms with Crippen LogP contribution >= 0.6 is 11.3 Å². The van der Waals surface area contributed by atoms with E-state index < -0.39 is 41.2 Å². The van der Waals surface area contributed by atoms with Gasteiger partial charge in [0.1, 0.15) is 17.7 Å².